The zero-order valence-electron chi connectivity index (χ0n) is 15.8. The van der Waals surface area contributed by atoms with Gasteiger partial charge < -0.3 is 5.32 Å². The lowest BCUT2D eigenvalue weighted by molar-refractivity contribution is 0.689. The van der Waals surface area contributed by atoms with E-state index >= 15 is 0 Å². The normalized spacial score (nSPS) is 16.5. The molecule has 1 atom stereocenters. The standard InChI is InChI=1S/C23H28BN/c1-17(2)16-25-23-15-19(4)10-13-22(23)24-14-6-5-7-21(24)20-11-8-18(3)9-12-20/h5-15,17,21,25H,16H2,1-4H3. The molecule has 0 aromatic heterocycles. The average Bonchev–Trinajstić information content (AvgIpc) is 2.61. The van der Waals surface area contributed by atoms with E-state index in [2.05, 4.69) is 99.7 Å². The predicted octanol–water partition coefficient (Wildman–Crippen LogP) is 5.06. The van der Waals surface area contributed by atoms with Crippen LogP contribution in [0.4, 0.5) is 5.69 Å². The minimum absolute atomic E-state index is 0.364. The molecule has 1 aliphatic rings. The van der Waals surface area contributed by atoms with Gasteiger partial charge in [-0.05, 0) is 42.8 Å². The first-order valence-corrected chi connectivity index (χ1v) is 9.30. The number of hydrogen-bond acceptors (Lipinski definition) is 1. The lowest BCUT2D eigenvalue weighted by Gasteiger charge is -2.25. The van der Waals surface area contributed by atoms with Gasteiger partial charge in [-0.1, -0.05) is 79.5 Å². The molecule has 0 spiro atoms. The Hall–Kier alpha value is -2.22. The number of nitrogens with one attached hydrogen (secondary N) is 1. The first kappa shape index (κ1) is 17.6. The Morgan fingerprint density at radius 2 is 1.68 bits per heavy atom. The van der Waals surface area contributed by atoms with E-state index in [0.29, 0.717) is 18.4 Å². The predicted molar refractivity (Wildman–Crippen MR) is 112 cm³/mol. The molecule has 1 heterocycles. The molecule has 0 fully saturated rings. The second kappa shape index (κ2) is 7.78. The van der Waals surface area contributed by atoms with Crippen LogP contribution in [0.3, 0.4) is 0 Å². The molecule has 3 rings (SSSR count). The molecule has 1 unspecified atom stereocenters. The van der Waals surface area contributed by atoms with E-state index in [0.717, 1.165) is 6.54 Å². The van der Waals surface area contributed by atoms with Gasteiger partial charge in [-0.25, -0.2) is 0 Å². The van der Waals surface area contributed by atoms with Gasteiger partial charge in [0.25, 0.3) is 0 Å². The minimum atomic E-state index is 0.364. The number of benzene rings is 2. The van der Waals surface area contributed by atoms with Crippen molar-refractivity contribution in [1.82, 2.24) is 0 Å². The number of rotatable bonds is 5. The van der Waals surface area contributed by atoms with Crippen molar-refractivity contribution in [3.05, 3.63) is 83.4 Å². The van der Waals surface area contributed by atoms with Crippen molar-refractivity contribution in [2.24, 2.45) is 5.92 Å². The van der Waals surface area contributed by atoms with Crippen LogP contribution in [0.2, 0.25) is 0 Å². The van der Waals surface area contributed by atoms with Crippen molar-refractivity contribution in [3.63, 3.8) is 0 Å². The Kier molecular flexibility index (Phi) is 5.48. The third kappa shape index (κ3) is 4.25. The molecule has 2 aromatic rings. The van der Waals surface area contributed by atoms with Crippen LogP contribution in [-0.4, -0.2) is 13.3 Å². The van der Waals surface area contributed by atoms with Crippen LogP contribution < -0.4 is 10.8 Å². The van der Waals surface area contributed by atoms with Gasteiger partial charge in [0.05, 0.1) is 0 Å². The molecule has 1 aliphatic heterocycles. The minimum Gasteiger partial charge on any atom is -0.385 e. The Morgan fingerprint density at radius 1 is 0.960 bits per heavy atom. The van der Waals surface area contributed by atoms with Gasteiger partial charge >= 0.3 is 0 Å². The van der Waals surface area contributed by atoms with Crippen LogP contribution in [-0.2, 0) is 0 Å². The van der Waals surface area contributed by atoms with Crippen molar-refractivity contribution < 1.29 is 0 Å². The van der Waals surface area contributed by atoms with Crippen molar-refractivity contribution >= 4 is 17.9 Å². The molecule has 25 heavy (non-hydrogen) atoms. The molecule has 0 bridgehead atoms. The Morgan fingerprint density at radius 3 is 2.40 bits per heavy atom. The lowest BCUT2D eigenvalue weighted by Crippen LogP contribution is -2.38. The van der Waals surface area contributed by atoms with Gasteiger partial charge in [0.1, 0.15) is 0 Å². The molecule has 1 N–H and O–H groups in total. The van der Waals surface area contributed by atoms with Crippen LogP contribution in [0.5, 0.6) is 0 Å². The van der Waals surface area contributed by atoms with Gasteiger partial charge in [-0.2, -0.15) is 0 Å². The van der Waals surface area contributed by atoms with E-state index in [4.69, 9.17) is 0 Å². The van der Waals surface area contributed by atoms with Crippen LogP contribution >= 0.6 is 0 Å². The molecule has 128 valence electrons. The van der Waals surface area contributed by atoms with E-state index in [1.807, 2.05) is 0 Å². The largest absolute Gasteiger partial charge is 0.385 e. The van der Waals surface area contributed by atoms with Crippen molar-refractivity contribution in [2.75, 3.05) is 11.9 Å². The summed E-state index contributed by atoms with van der Waals surface area (Å²) in [6.07, 6.45) is 6.69. The topological polar surface area (TPSA) is 12.0 Å². The maximum atomic E-state index is 3.67. The summed E-state index contributed by atoms with van der Waals surface area (Å²) in [5, 5.41) is 3.67. The zero-order chi connectivity index (χ0) is 17.8. The van der Waals surface area contributed by atoms with Crippen LogP contribution in [0.15, 0.2) is 66.7 Å². The zero-order valence-corrected chi connectivity index (χ0v) is 15.8. The van der Waals surface area contributed by atoms with Crippen molar-refractivity contribution in [2.45, 2.75) is 33.5 Å². The summed E-state index contributed by atoms with van der Waals surface area (Å²) < 4.78 is 0. The van der Waals surface area contributed by atoms with E-state index in [-0.39, 0.29) is 0 Å². The molecule has 2 aromatic carbocycles. The molecule has 1 nitrogen and oxygen atoms in total. The maximum absolute atomic E-state index is 3.67. The van der Waals surface area contributed by atoms with Gasteiger partial charge in [0.15, 0.2) is 0 Å². The summed E-state index contributed by atoms with van der Waals surface area (Å²) in [4.78, 5) is 0. The SMILES string of the molecule is Cc1ccc(C2C=CC=CB2c2ccc(C)cc2NCC(C)C)cc1. The number of allylic oxidation sites excluding steroid dienone is 3. The highest BCUT2D eigenvalue weighted by molar-refractivity contribution is 6.81. The first-order valence-electron chi connectivity index (χ1n) is 9.30. The van der Waals surface area contributed by atoms with Crippen LogP contribution in [0, 0.1) is 19.8 Å². The fourth-order valence-electron chi connectivity index (χ4n) is 3.44. The highest BCUT2D eigenvalue weighted by Crippen LogP contribution is 2.26. The van der Waals surface area contributed by atoms with Gasteiger partial charge in [0, 0.05) is 12.2 Å². The Balaban J connectivity index is 1.96. The Bertz CT molecular complexity index is 771. The number of aryl methyl sites for hydroxylation is 2. The molecule has 0 saturated heterocycles. The van der Waals surface area contributed by atoms with Crippen LogP contribution in [0.1, 0.15) is 36.4 Å². The summed E-state index contributed by atoms with van der Waals surface area (Å²) in [7, 11) is 0. The number of hydrogen-bond donors (Lipinski definition) is 1. The smallest absolute Gasteiger partial charge is 0.215 e. The average molecular weight is 329 g/mol. The fourth-order valence-corrected chi connectivity index (χ4v) is 3.44. The highest BCUT2D eigenvalue weighted by atomic mass is 14.9. The first-order chi connectivity index (χ1) is 12.0. The molecule has 0 aliphatic carbocycles. The van der Waals surface area contributed by atoms with Crippen molar-refractivity contribution in [1.29, 1.82) is 0 Å². The second-order valence-electron chi connectivity index (χ2n) is 7.60. The van der Waals surface area contributed by atoms with Gasteiger partial charge in [-0.3, -0.25) is 0 Å². The maximum Gasteiger partial charge on any atom is 0.215 e. The van der Waals surface area contributed by atoms with E-state index in [1.54, 1.807) is 0 Å². The Labute approximate surface area is 152 Å². The third-order valence-corrected chi connectivity index (χ3v) is 4.87. The monoisotopic (exact) mass is 329 g/mol. The summed E-state index contributed by atoms with van der Waals surface area (Å²) in [5.74, 6) is 3.35. The molecule has 0 saturated carbocycles. The van der Waals surface area contributed by atoms with E-state index in [1.165, 1.54) is 27.8 Å². The van der Waals surface area contributed by atoms with Crippen LogP contribution in [0.25, 0.3) is 0 Å². The van der Waals surface area contributed by atoms with Crippen molar-refractivity contribution in [3.8, 4) is 0 Å². The fraction of sp³-hybridized carbons (Fsp3) is 0.304. The third-order valence-electron chi connectivity index (χ3n) is 4.87. The summed E-state index contributed by atoms with van der Waals surface area (Å²) in [6, 6.07) is 15.8. The summed E-state index contributed by atoms with van der Waals surface area (Å²) in [5.41, 5.74) is 6.65. The molecular formula is C23H28BN. The summed E-state index contributed by atoms with van der Waals surface area (Å²) >= 11 is 0. The summed E-state index contributed by atoms with van der Waals surface area (Å²) in [6.45, 7) is 10.2. The molecular weight excluding hydrogens is 301 g/mol. The lowest BCUT2D eigenvalue weighted by atomic mass is 9.34. The molecule has 0 radical (unpaired) electrons. The second-order valence-corrected chi connectivity index (χ2v) is 7.60. The highest BCUT2D eigenvalue weighted by Gasteiger charge is 2.28. The van der Waals surface area contributed by atoms with Gasteiger partial charge in [-0.15, -0.1) is 5.98 Å². The van der Waals surface area contributed by atoms with Gasteiger partial charge in [0.2, 0.25) is 6.71 Å². The van der Waals surface area contributed by atoms with E-state index in [9.17, 15) is 0 Å². The van der Waals surface area contributed by atoms with E-state index < -0.39 is 0 Å². The number of anilines is 1. The molecule has 2 heteroatoms. The molecule has 0 amide bonds. The quantitative estimate of drug-likeness (QED) is 0.756.